The maximum atomic E-state index is 13.3. The van der Waals surface area contributed by atoms with Gasteiger partial charge in [-0.15, -0.1) is 0 Å². The molecule has 3 heterocycles. The summed E-state index contributed by atoms with van der Waals surface area (Å²) in [5, 5.41) is 0. The first-order chi connectivity index (χ1) is 13.2. The lowest BCUT2D eigenvalue weighted by Gasteiger charge is -2.38. The van der Waals surface area contributed by atoms with Crippen LogP contribution in [0.3, 0.4) is 0 Å². The second-order valence-electron chi connectivity index (χ2n) is 6.82. The van der Waals surface area contributed by atoms with Gasteiger partial charge < -0.3 is 19.3 Å². The Bertz CT molecular complexity index is 837. The van der Waals surface area contributed by atoms with E-state index in [0.29, 0.717) is 31.9 Å². The average Bonchev–Trinajstić information content (AvgIpc) is 2.73. The minimum Gasteiger partial charge on any atom is -0.493 e. The molecule has 2 aliphatic heterocycles. The van der Waals surface area contributed by atoms with Crippen molar-refractivity contribution >= 4 is 11.6 Å². The predicted octanol–water partition coefficient (Wildman–Crippen LogP) is 2.13. The van der Waals surface area contributed by atoms with Crippen molar-refractivity contribution in [2.45, 2.75) is 6.42 Å². The maximum Gasteiger partial charge on any atom is 0.229 e. The Hall–Kier alpha value is -2.83. The van der Waals surface area contributed by atoms with Crippen LogP contribution >= 0.6 is 0 Å². The number of carbonyl (C=O) groups is 1. The third-order valence-electron chi connectivity index (χ3n) is 5.20. The number of methoxy groups -OCH3 is 1. The summed E-state index contributed by atoms with van der Waals surface area (Å²) >= 11 is 0. The summed E-state index contributed by atoms with van der Waals surface area (Å²) in [4.78, 5) is 21.1. The molecule has 0 N–H and O–H groups in total. The van der Waals surface area contributed by atoms with Gasteiger partial charge in [-0.2, -0.15) is 0 Å². The van der Waals surface area contributed by atoms with Crippen LogP contribution in [-0.2, 0) is 11.2 Å². The van der Waals surface area contributed by atoms with Gasteiger partial charge in [-0.1, -0.05) is 6.07 Å². The van der Waals surface area contributed by atoms with Gasteiger partial charge in [0.1, 0.15) is 18.2 Å². The van der Waals surface area contributed by atoms with Crippen molar-refractivity contribution in [3.63, 3.8) is 0 Å². The second kappa shape index (κ2) is 7.42. The van der Waals surface area contributed by atoms with Crippen LogP contribution in [0.5, 0.6) is 11.5 Å². The minimum absolute atomic E-state index is 0.103. The smallest absolute Gasteiger partial charge is 0.229 e. The van der Waals surface area contributed by atoms with Crippen LogP contribution in [0, 0.1) is 11.7 Å². The van der Waals surface area contributed by atoms with Crippen LogP contribution < -0.4 is 14.4 Å². The lowest BCUT2D eigenvalue weighted by Crippen LogP contribution is -2.51. The Morgan fingerprint density at radius 1 is 1.26 bits per heavy atom. The number of pyridine rings is 1. The highest BCUT2D eigenvalue weighted by Gasteiger charge is 2.31. The molecule has 0 saturated carbocycles. The zero-order valence-corrected chi connectivity index (χ0v) is 15.2. The molecule has 142 valence electrons. The third kappa shape index (κ3) is 3.54. The first-order valence-electron chi connectivity index (χ1n) is 9.08. The molecule has 1 aromatic heterocycles. The summed E-state index contributed by atoms with van der Waals surface area (Å²) in [6.45, 7) is 3.07. The number of aromatic nitrogens is 1. The number of rotatable bonds is 3. The summed E-state index contributed by atoms with van der Waals surface area (Å²) in [5.74, 6) is 0.855. The van der Waals surface area contributed by atoms with E-state index in [0.717, 1.165) is 30.1 Å². The Morgan fingerprint density at radius 2 is 2.07 bits per heavy atom. The van der Waals surface area contributed by atoms with Crippen molar-refractivity contribution in [1.29, 1.82) is 0 Å². The normalized spacial score (nSPS) is 19.3. The number of anilines is 1. The average molecular weight is 371 g/mol. The number of ether oxygens (including phenoxy) is 2. The van der Waals surface area contributed by atoms with Crippen molar-refractivity contribution < 1.29 is 18.7 Å². The van der Waals surface area contributed by atoms with Gasteiger partial charge >= 0.3 is 0 Å². The fraction of sp³-hybridized carbons (Fsp3) is 0.400. The summed E-state index contributed by atoms with van der Waals surface area (Å²) in [6, 6.07) is 6.44. The van der Waals surface area contributed by atoms with Gasteiger partial charge in [-0.3, -0.25) is 9.78 Å². The molecule has 7 heteroatoms. The molecule has 0 spiro atoms. The molecule has 1 fully saturated rings. The fourth-order valence-electron chi connectivity index (χ4n) is 3.72. The van der Waals surface area contributed by atoms with E-state index in [1.165, 1.54) is 12.1 Å². The number of piperazine rings is 1. The number of benzene rings is 1. The Kier molecular flexibility index (Phi) is 4.83. The van der Waals surface area contributed by atoms with Crippen molar-refractivity contribution in [2.75, 3.05) is 44.8 Å². The first kappa shape index (κ1) is 17.6. The van der Waals surface area contributed by atoms with E-state index in [9.17, 15) is 9.18 Å². The van der Waals surface area contributed by atoms with Crippen LogP contribution in [-0.4, -0.2) is 55.7 Å². The van der Waals surface area contributed by atoms with Gasteiger partial charge in [0.2, 0.25) is 5.91 Å². The number of hydrogen-bond acceptors (Lipinski definition) is 5. The molecule has 1 saturated heterocycles. The van der Waals surface area contributed by atoms with Crippen LogP contribution in [0.1, 0.15) is 5.56 Å². The van der Waals surface area contributed by atoms with Crippen molar-refractivity contribution in [3.05, 3.63) is 48.0 Å². The van der Waals surface area contributed by atoms with Crippen LogP contribution in [0.4, 0.5) is 10.1 Å². The zero-order chi connectivity index (χ0) is 18.8. The zero-order valence-electron chi connectivity index (χ0n) is 15.2. The molecule has 0 bridgehead atoms. The van der Waals surface area contributed by atoms with Gasteiger partial charge in [0.05, 0.1) is 24.9 Å². The molecule has 0 radical (unpaired) electrons. The van der Waals surface area contributed by atoms with Gasteiger partial charge in [0.25, 0.3) is 0 Å². The van der Waals surface area contributed by atoms with E-state index in [-0.39, 0.29) is 17.6 Å². The van der Waals surface area contributed by atoms with Crippen LogP contribution in [0.2, 0.25) is 0 Å². The highest BCUT2D eigenvalue weighted by atomic mass is 19.1. The molecule has 1 unspecified atom stereocenters. The molecule has 2 aromatic rings. The summed E-state index contributed by atoms with van der Waals surface area (Å²) in [5.41, 5.74) is 1.89. The third-order valence-corrected chi connectivity index (χ3v) is 5.20. The van der Waals surface area contributed by atoms with Gasteiger partial charge in [0.15, 0.2) is 5.75 Å². The highest BCUT2D eigenvalue weighted by Crippen LogP contribution is 2.30. The first-order valence-corrected chi connectivity index (χ1v) is 9.08. The number of fused-ring (bicyclic) bond motifs is 1. The predicted molar refractivity (Wildman–Crippen MR) is 98.7 cm³/mol. The molecule has 6 nitrogen and oxygen atoms in total. The fourth-order valence-corrected chi connectivity index (χ4v) is 3.72. The van der Waals surface area contributed by atoms with E-state index in [1.54, 1.807) is 25.6 Å². The van der Waals surface area contributed by atoms with Gasteiger partial charge in [0, 0.05) is 38.4 Å². The molecule has 1 amide bonds. The van der Waals surface area contributed by atoms with Crippen molar-refractivity contribution in [2.24, 2.45) is 5.92 Å². The number of amides is 1. The maximum absolute atomic E-state index is 13.3. The number of halogens is 1. The number of hydrogen-bond donors (Lipinski definition) is 0. The summed E-state index contributed by atoms with van der Waals surface area (Å²) < 4.78 is 24.3. The second-order valence-corrected chi connectivity index (χ2v) is 6.82. The molecule has 2 aliphatic rings. The Balaban J connectivity index is 1.38. The molecule has 1 aromatic carbocycles. The number of carbonyl (C=O) groups excluding carboxylic acids is 1. The minimum atomic E-state index is -0.318. The summed E-state index contributed by atoms with van der Waals surface area (Å²) in [7, 11) is 1.63. The standard InChI is InChI=1S/C20H22FN3O3/c1-26-19-12-22-5-4-17(19)23-6-8-24(9-7-23)20(25)15-10-14-2-3-16(21)11-18(14)27-13-15/h2-5,11-12,15H,6-10,13H2,1H3. The van der Waals surface area contributed by atoms with Crippen molar-refractivity contribution in [1.82, 2.24) is 9.88 Å². The van der Waals surface area contributed by atoms with E-state index < -0.39 is 0 Å². The highest BCUT2D eigenvalue weighted by molar-refractivity contribution is 5.80. The van der Waals surface area contributed by atoms with Crippen LogP contribution in [0.25, 0.3) is 0 Å². The SMILES string of the molecule is COc1cnccc1N1CCN(C(=O)C2COc3cc(F)ccc3C2)CC1. The lowest BCUT2D eigenvalue weighted by molar-refractivity contribution is -0.137. The van der Waals surface area contributed by atoms with E-state index >= 15 is 0 Å². The molecule has 0 aliphatic carbocycles. The Morgan fingerprint density at radius 3 is 2.85 bits per heavy atom. The monoisotopic (exact) mass is 371 g/mol. The number of nitrogens with zero attached hydrogens (tertiary/aromatic N) is 3. The largest absolute Gasteiger partial charge is 0.493 e. The quantitative estimate of drug-likeness (QED) is 0.827. The molecule has 4 rings (SSSR count). The molecular formula is C20H22FN3O3. The Labute approximate surface area is 157 Å². The lowest BCUT2D eigenvalue weighted by atomic mass is 9.95. The topological polar surface area (TPSA) is 54.9 Å². The van der Waals surface area contributed by atoms with Crippen LogP contribution in [0.15, 0.2) is 36.7 Å². The van der Waals surface area contributed by atoms with Crippen molar-refractivity contribution in [3.8, 4) is 11.5 Å². The summed E-state index contributed by atoms with van der Waals surface area (Å²) in [6.07, 6.45) is 4.04. The van der Waals surface area contributed by atoms with E-state index in [1.807, 2.05) is 11.0 Å². The van der Waals surface area contributed by atoms with E-state index in [4.69, 9.17) is 9.47 Å². The van der Waals surface area contributed by atoms with Gasteiger partial charge in [-0.05, 0) is 24.1 Å². The van der Waals surface area contributed by atoms with E-state index in [2.05, 4.69) is 9.88 Å². The van der Waals surface area contributed by atoms with Gasteiger partial charge in [-0.25, -0.2) is 4.39 Å². The molecular weight excluding hydrogens is 349 g/mol. The molecule has 1 atom stereocenters. The molecule has 27 heavy (non-hydrogen) atoms.